The van der Waals surface area contributed by atoms with Crippen LogP contribution < -0.4 is 0 Å². The number of aliphatic hydroxyl groups excluding tert-OH is 1. The largest absolute Gasteiger partial charge is 0.396 e. The molecule has 0 saturated carbocycles. The first kappa shape index (κ1) is 11.4. The van der Waals surface area contributed by atoms with Crippen LogP contribution in [0.25, 0.3) is 11.3 Å². The molecule has 1 aromatic carbocycles. The molecule has 3 nitrogen and oxygen atoms in total. The highest BCUT2D eigenvalue weighted by Crippen LogP contribution is 2.23. The quantitative estimate of drug-likeness (QED) is 0.908. The van der Waals surface area contributed by atoms with Gasteiger partial charge in [-0.3, -0.25) is 0 Å². The average Bonchev–Trinajstić information content (AvgIpc) is 2.61. The van der Waals surface area contributed by atoms with E-state index in [-0.39, 0.29) is 6.61 Å². The van der Waals surface area contributed by atoms with Crippen LogP contribution in [0.2, 0.25) is 0 Å². The van der Waals surface area contributed by atoms with E-state index < -0.39 is 0 Å². The maximum absolute atomic E-state index is 8.86. The van der Waals surface area contributed by atoms with E-state index in [0.29, 0.717) is 6.42 Å². The Bertz CT molecular complexity index is 476. The molecular formula is C12H13BrN2O. The summed E-state index contributed by atoms with van der Waals surface area (Å²) in [5, 5.41) is 8.86. The minimum Gasteiger partial charge on any atom is -0.396 e. The van der Waals surface area contributed by atoms with E-state index in [2.05, 4.69) is 25.9 Å². The Morgan fingerprint density at radius 2 is 2.00 bits per heavy atom. The lowest BCUT2D eigenvalue weighted by molar-refractivity contribution is 0.297. The Kier molecular flexibility index (Phi) is 3.41. The molecule has 0 atom stereocenters. The maximum atomic E-state index is 8.86. The second-order valence-corrected chi connectivity index (χ2v) is 4.55. The number of aromatic amines is 1. The van der Waals surface area contributed by atoms with Crippen LogP contribution in [0.15, 0.2) is 28.7 Å². The van der Waals surface area contributed by atoms with Crippen LogP contribution in [0, 0.1) is 6.92 Å². The van der Waals surface area contributed by atoms with Crippen LogP contribution in [-0.4, -0.2) is 21.7 Å². The van der Waals surface area contributed by atoms with Crippen LogP contribution in [0.1, 0.15) is 11.5 Å². The van der Waals surface area contributed by atoms with Crippen LogP contribution >= 0.6 is 15.9 Å². The smallest absolute Gasteiger partial charge is 0.109 e. The van der Waals surface area contributed by atoms with Crippen molar-refractivity contribution in [1.82, 2.24) is 9.97 Å². The van der Waals surface area contributed by atoms with Gasteiger partial charge in [0.2, 0.25) is 0 Å². The summed E-state index contributed by atoms with van der Waals surface area (Å²) >= 11 is 3.41. The highest BCUT2D eigenvalue weighted by molar-refractivity contribution is 9.10. The van der Waals surface area contributed by atoms with Crippen molar-refractivity contribution in [2.24, 2.45) is 0 Å². The molecule has 2 N–H and O–H groups in total. The zero-order valence-electron chi connectivity index (χ0n) is 9.00. The van der Waals surface area contributed by atoms with Crippen molar-refractivity contribution in [1.29, 1.82) is 0 Å². The summed E-state index contributed by atoms with van der Waals surface area (Å²) in [6.07, 6.45) is 0.567. The summed E-state index contributed by atoms with van der Waals surface area (Å²) in [6, 6.07) is 8.04. The normalized spacial score (nSPS) is 10.7. The lowest BCUT2D eigenvalue weighted by Gasteiger charge is -1.98. The fourth-order valence-corrected chi connectivity index (χ4v) is 1.90. The summed E-state index contributed by atoms with van der Waals surface area (Å²) in [6.45, 7) is 2.11. The molecule has 0 saturated heterocycles. The number of hydrogen-bond acceptors (Lipinski definition) is 2. The lowest BCUT2D eigenvalue weighted by Crippen LogP contribution is -1.92. The summed E-state index contributed by atoms with van der Waals surface area (Å²) in [5.74, 6) is 0.831. The molecule has 0 aliphatic carbocycles. The topological polar surface area (TPSA) is 48.9 Å². The molecular weight excluding hydrogens is 268 g/mol. The number of hydrogen-bond donors (Lipinski definition) is 2. The van der Waals surface area contributed by atoms with Gasteiger partial charge in [-0.25, -0.2) is 4.98 Å². The third-order valence-electron chi connectivity index (χ3n) is 2.40. The Labute approximate surface area is 103 Å². The van der Waals surface area contributed by atoms with E-state index in [9.17, 15) is 0 Å². The zero-order chi connectivity index (χ0) is 11.5. The SMILES string of the molecule is Cc1[nH]c(CCO)nc1-c1ccc(Br)cc1. The molecule has 2 rings (SSSR count). The van der Waals surface area contributed by atoms with E-state index in [1.165, 1.54) is 0 Å². The van der Waals surface area contributed by atoms with Gasteiger partial charge in [0, 0.05) is 22.2 Å². The number of imidazole rings is 1. The molecule has 0 amide bonds. The molecule has 0 spiro atoms. The molecule has 0 unspecified atom stereocenters. The van der Waals surface area contributed by atoms with Crippen molar-refractivity contribution < 1.29 is 5.11 Å². The van der Waals surface area contributed by atoms with Gasteiger partial charge in [-0.05, 0) is 19.1 Å². The number of benzene rings is 1. The number of halogens is 1. The van der Waals surface area contributed by atoms with E-state index in [0.717, 1.165) is 27.2 Å². The predicted molar refractivity (Wildman–Crippen MR) is 67.3 cm³/mol. The third-order valence-corrected chi connectivity index (χ3v) is 2.93. The standard InChI is InChI=1S/C12H13BrN2O/c1-8-12(15-11(14-8)6-7-16)9-2-4-10(13)5-3-9/h2-5,16H,6-7H2,1H3,(H,14,15). The second kappa shape index (κ2) is 4.80. The number of rotatable bonds is 3. The van der Waals surface area contributed by atoms with Crippen molar-refractivity contribution in [2.75, 3.05) is 6.61 Å². The Hall–Kier alpha value is -1.13. The van der Waals surface area contributed by atoms with Gasteiger partial charge in [-0.1, -0.05) is 28.1 Å². The van der Waals surface area contributed by atoms with Crippen molar-refractivity contribution >= 4 is 15.9 Å². The second-order valence-electron chi connectivity index (χ2n) is 3.64. The van der Waals surface area contributed by atoms with Crippen LogP contribution in [0.4, 0.5) is 0 Å². The zero-order valence-corrected chi connectivity index (χ0v) is 10.6. The molecule has 0 aliphatic rings. The Morgan fingerprint density at radius 3 is 2.62 bits per heavy atom. The van der Waals surface area contributed by atoms with Gasteiger partial charge >= 0.3 is 0 Å². The van der Waals surface area contributed by atoms with Gasteiger partial charge < -0.3 is 10.1 Å². The fraction of sp³-hybridized carbons (Fsp3) is 0.250. The number of nitrogens with one attached hydrogen (secondary N) is 1. The van der Waals surface area contributed by atoms with Crippen molar-refractivity contribution in [2.45, 2.75) is 13.3 Å². The summed E-state index contributed by atoms with van der Waals surface area (Å²) in [4.78, 5) is 7.64. The van der Waals surface area contributed by atoms with Crippen LogP contribution in [0.5, 0.6) is 0 Å². The molecule has 0 bridgehead atoms. The highest BCUT2D eigenvalue weighted by Gasteiger charge is 2.08. The van der Waals surface area contributed by atoms with Gasteiger partial charge in [-0.2, -0.15) is 0 Å². The van der Waals surface area contributed by atoms with Crippen molar-refractivity contribution in [3.8, 4) is 11.3 Å². The van der Waals surface area contributed by atoms with E-state index in [1.54, 1.807) is 0 Å². The first-order valence-corrected chi connectivity index (χ1v) is 5.92. The number of H-pyrrole nitrogens is 1. The summed E-state index contributed by atoms with van der Waals surface area (Å²) < 4.78 is 1.06. The van der Waals surface area contributed by atoms with Gasteiger partial charge in [0.05, 0.1) is 12.3 Å². The molecule has 4 heteroatoms. The maximum Gasteiger partial charge on any atom is 0.109 e. The molecule has 0 aliphatic heterocycles. The summed E-state index contributed by atoms with van der Waals surface area (Å²) in [7, 11) is 0. The number of aryl methyl sites for hydroxylation is 1. The Balaban J connectivity index is 2.36. The molecule has 1 aromatic heterocycles. The van der Waals surface area contributed by atoms with E-state index in [1.807, 2.05) is 31.2 Å². The lowest BCUT2D eigenvalue weighted by atomic mass is 10.1. The first-order valence-electron chi connectivity index (χ1n) is 5.13. The molecule has 2 aromatic rings. The predicted octanol–water partition coefficient (Wildman–Crippen LogP) is 2.68. The number of aromatic nitrogens is 2. The average molecular weight is 281 g/mol. The molecule has 0 radical (unpaired) electrons. The molecule has 1 heterocycles. The van der Waals surface area contributed by atoms with E-state index in [4.69, 9.17) is 5.11 Å². The molecule has 0 fully saturated rings. The minimum absolute atomic E-state index is 0.118. The van der Waals surface area contributed by atoms with Gasteiger partial charge in [-0.15, -0.1) is 0 Å². The highest BCUT2D eigenvalue weighted by atomic mass is 79.9. The van der Waals surface area contributed by atoms with Crippen molar-refractivity contribution in [3.05, 3.63) is 40.3 Å². The van der Waals surface area contributed by atoms with Gasteiger partial charge in [0.15, 0.2) is 0 Å². The first-order chi connectivity index (χ1) is 7.70. The number of nitrogens with zero attached hydrogens (tertiary/aromatic N) is 1. The Morgan fingerprint density at radius 1 is 1.31 bits per heavy atom. The van der Waals surface area contributed by atoms with Crippen LogP contribution in [-0.2, 0) is 6.42 Å². The van der Waals surface area contributed by atoms with Gasteiger partial charge in [0.1, 0.15) is 5.82 Å². The minimum atomic E-state index is 0.118. The number of aliphatic hydroxyl groups is 1. The monoisotopic (exact) mass is 280 g/mol. The van der Waals surface area contributed by atoms with Crippen molar-refractivity contribution in [3.63, 3.8) is 0 Å². The third kappa shape index (κ3) is 2.33. The molecule has 84 valence electrons. The summed E-state index contributed by atoms with van der Waals surface area (Å²) in [5.41, 5.74) is 3.07. The van der Waals surface area contributed by atoms with E-state index >= 15 is 0 Å². The fourth-order valence-electron chi connectivity index (χ4n) is 1.64. The van der Waals surface area contributed by atoms with Gasteiger partial charge in [0.25, 0.3) is 0 Å². The van der Waals surface area contributed by atoms with Crippen LogP contribution in [0.3, 0.4) is 0 Å². The molecule has 16 heavy (non-hydrogen) atoms.